The number of carbonyl (C=O) groups excluding carboxylic acids is 3. The summed E-state index contributed by atoms with van der Waals surface area (Å²) in [7, 11) is 3.99. The number of methoxy groups -OCH3 is 3. The maximum Gasteiger partial charge on any atom is 0.328 e. The van der Waals surface area contributed by atoms with E-state index in [0.29, 0.717) is 38.6 Å². The van der Waals surface area contributed by atoms with Gasteiger partial charge in [-0.1, -0.05) is 13.8 Å². The molecular weight excluding hydrogens is 745 g/mol. The zero-order valence-corrected chi connectivity index (χ0v) is 32.9. The molecule has 0 spiro atoms. The highest BCUT2D eigenvalue weighted by Crippen LogP contribution is 2.40. The molecule has 16 nitrogen and oxygen atoms in total. The van der Waals surface area contributed by atoms with Gasteiger partial charge in [-0.05, 0) is 56.5 Å². The second kappa shape index (κ2) is 20.3. The van der Waals surface area contributed by atoms with Crippen LogP contribution in [-0.4, -0.2) is 113 Å². The molecule has 0 saturated carbocycles. The molecule has 0 radical (unpaired) electrons. The number of nitro groups is 2. The first-order chi connectivity index (χ1) is 26.0. The van der Waals surface area contributed by atoms with Crippen LogP contribution in [0.1, 0.15) is 79.5 Å². The Morgan fingerprint density at radius 1 is 0.741 bits per heavy atom. The molecule has 2 saturated heterocycles. The van der Waals surface area contributed by atoms with Gasteiger partial charge in [-0.25, -0.2) is 4.79 Å². The Labute approximate surface area is 322 Å². The number of hydrogen-bond donors (Lipinski definition) is 0. The first kappa shape index (κ1) is 42.3. The van der Waals surface area contributed by atoms with Gasteiger partial charge in [0, 0.05) is 25.2 Å². The lowest BCUT2D eigenvalue weighted by atomic mass is 10.1. The molecule has 2 aliphatic rings. The Kier molecular flexibility index (Phi) is 15.9. The predicted octanol–water partition coefficient (Wildman–Crippen LogP) is 6.36. The lowest BCUT2D eigenvalue weighted by Crippen LogP contribution is -2.41. The number of carbonyl (C=O) groups is 3. The number of ether oxygens (including phenoxy) is 5. The number of benzene rings is 2. The van der Waals surface area contributed by atoms with Gasteiger partial charge in [0.05, 0.1) is 67.1 Å². The van der Waals surface area contributed by atoms with Crippen molar-refractivity contribution >= 4 is 52.7 Å². The summed E-state index contributed by atoms with van der Waals surface area (Å²) in [4.78, 5) is 65.3. The van der Waals surface area contributed by atoms with Crippen LogP contribution in [-0.2, 0) is 9.53 Å². The molecule has 0 bridgehead atoms. The molecule has 0 unspecified atom stereocenters. The lowest BCUT2D eigenvalue weighted by Gasteiger charge is -2.31. The third kappa shape index (κ3) is 9.99. The van der Waals surface area contributed by atoms with Gasteiger partial charge in [-0.15, -0.1) is 23.5 Å². The molecule has 2 heterocycles. The number of hydrogen-bond acceptors (Lipinski definition) is 14. The Morgan fingerprint density at radius 2 is 1.22 bits per heavy atom. The normalized spacial score (nSPS) is 16.7. The number of unbranched alkanes of at least 4 members (excludes halogenated alkanes) is 2. The quantitative estimate of drug-likeness (QED) is 0.0473. The zero-order chi connectivity index (χ0) is 39.4. The molecule has 2 atom stereocenters. The van der Waals surface area contributed by atoms with E-state index >= 15 is 0 Å². The van der Waals surface area contributed by atoms with Crippen LogP contribution >= 0.6 is 23.5 Å². The van der Waals surface area contributed by atoms with Crippen molar-refractivity contribution in [3.8, 4) is 23.0 Å². The van der Waals surface area contributed by atoms with Gasteiger partial charge in [0.1, 0.15) is 17.2 Å². The van der Waals surface area contributed by atoms with Gasteiger partial charge in [0.2, 0.25) is 0 Å². The second-order valence-corrected chi connectivity index (χ2v) is 15.6. The third-order valence-electron chi connectivity index (χ3n) is 9.24. The van der Waals surface area contributed by atoms with Crippen LogP contribution in [0.3, 0.4) is 0 Å². The van der Waals surface area contributed by atoms with Crippen LogP contribution in [0.4, 0.5) is 11.4 Å². The Hall–Kier alpha value is -4.45. The van der Waals surface area contributed by atoms with Crippen molar-refractivity contribution < 1.29 is 47.9 Å². The first-order valence-electron chi connectivity index (χ1n) is 17.9. The molecule has 2 aliphatic heterocycles. The van der Waals surface area contributed by atoms with Gasteiger partial charge in [0.25, 0.3) is 23.2 Å². The van der Waals surface area contributed by atoms with Crippen molar-refractivity contribution in [1.29, 1.82) is 0 Å². The average molecular weight is 793 g/mol. The average Bonchev–Trinajstić information content (AvgIpc) is 3.87. The molecule has 0 aliphatic carbocycles. The predicted molar refractivity (Wildman–Crippen MR) is 204 cm³/mol. The fourth-order valence-electron chi connectivity index (χ4n) is 6.66. The molecule has 4 rings (SSSR count). The Balaban J connectivity index is 1.36. The highest BCUT2D eigenvalue weighted by molar-refractivity contribution is 8.17. The van der Waals surface area contributed by atoms with Crippen LogP contribution in [0.5, 0.6) is 23.0 Å². The number of rotatable bonds is 20. The Bertz CT molecular complexity index is 1670. The molecule has 2 aromatic rings. The molecule has 2 aromatic carbocycles. The number of amides is 2. The van der Waals surface area contributed by atoms with E-state index in [1.807, 2.05) is 0 Å². The molecule has 0 N–H and O–H groups in total. The van der Waals surface area contributed by atoms with Crippen molar-refractivity contribution in [2.75, 3.05) is 59.1 Å². The zero-order valence-electron chi connectivity index (χ0n) is 31.2. The third-order valence-corrected chi connectivity index (χ3v) is 12.0. The van der Waals surface area contributed by atoms with Crippen molar-refractivity contribution in [2.45, 2.75) is 75.5 Å². The van der Waals surface area contributed by atoms with E-state index in [4.69, 9.17) is 23.7 Å². The van der Waals surface area contributed by atoms with E-state index in [0.717, 1.165) is 30.4 Å². The molecular formula is C36H48N4O12S2. The Morgan fingerprint density at radius 3 is 1.69 bits per heavy atom. The summed E-state index contributed by atoms with van der Waals surface area (Å²) in [6.45, 7) is 5.29. The summed E-state index contributed by atoms with van der Waals surface area (Å²) in [5, 5.41) is 24.2. The standard InChI is InChI=1S/C36H48N4O12S2/c1-6-53-36(54-7-2)26-14-12-16-38(26)34(42)24-20-30(49-4)32(22-28(24)40(46)47)52-18-10-8-9-17-51-31-21-27(39(44)45)23(19-29(31)48-3)33(41)37-15-11-13-25(37)35(43)50-5/h19-22,25-26,36H,6-18H2,1-5H3/t25-,26-/m0/s1. The molecule has 18 heteroatoms. The van der Waals surface area contributed by atoms with Crippen LogP contribution in [0.15, 0.2) is 24.3 Å². The second-order valence-electron chi connectivity index (χ2n) is 12.5. The number of thioether (sulfide) groups is 2. The van der Waals surface area contributed by atoms with Crippen LogP contribution in [0, 0.1) is 20.2 Å². The highest BCUT2D eigenvalue weighted by atomic mass is 32.2. The molecule has 54 heavy (non-hydrogen) atoms. The lowest BCUT2D eigenvalue weighted by molar-refractivity contribution is -0.385. The minimum atomic E-state index is -0.826. The number of nitro benzene ring substituents is 2. The minimum absolute atomic E-state index is 0.0279. The fourth-order valence-corrected chi connectivity index (χ4v) is 9.53. The van der Waals surface area contributed by atoms with Gasteiger partial charge in [-0.3, -0.25) is 29.8 Å². The summed E-state index contributed by atoms with van der Waals surface area (Å²) < 4.78 is 27.6. The van der Waals surface area contributed by atoms with Gasteiger partial charge >= 0.3 is 5.97 Å². The SMILES string of the molecule is CCSC(SCC)[C@@H]1CCCN1C(=O)c1cc(OC)c(OCCCCCOc2cc([N+](=O)[O-])c(C(=O)N3CCC[C@H]3C(=O)OC)cc2OC)cc1[N+](=O)[O-]. The number of likely N-dealkylation sites (tertiary alicyclic amines) is 2. The monoisotopic (exact) mass is 792 g/mol. The largest absolute Gasteiger partial charge is 0.493 e. The molecule has 2 amide bonds. The van der Waals surface area contributed by atoms with E-state index in [1.54, 1.807) is 28.4 Å². The van der Waals surface area contributed by atoms with Crippen molar-refractivity contribution in [3.05, 3.63) is 55.6 Å². The van der Waals surface area contributed by atoms with Crippen molar-refractivity contribution in [3.63, 3.8) is 0 Å². The van der Waals surface area contributed by atoms with E-state index < -0.39 is 39.4 Å². The fraction of sp³-hybridized carbons (Fsp3) is 0.583. The van der Waals surface area contributed by atoms with Gasteiger partial charge in [0.15, 0.2) is 23.0 Å². The van der Waals surface area contributed by atoms with Crippen LogP contribution in [0.25, 0.3) is 0 Å². The summed E-state index contributed by atoms with van der Waals surface area (Å²) in [6, 6.07) is 4.17. The summed E-state index contributed by atoms with van der Waals surface area (Å²) in [5.41, 5.74) is -1.09. The van der Waals surface area contributed by atoms with Gasteiger partial charge in [-0.2, -0.15) is 0 Å². The molecule has 2 fully saturated rings. The molecule has 0 aromatic heterocycles. The molecule has 296 valence electrons. The van der Waals surface area contributed by atoms with E-state index in [9.17, 15) is 34.6 Å². The van der Waals surface area contributed by atoms with E-state index in [-0.39, 0.29) is 70.2 Å². The summed E-state index contributed by atoms with van der Waals surface area (Å²) in [5.74, 6) is 0.718. The maximum absolute atomic E-state index is 13.8. The number of esters is 1. The van der Waals surface area contributed by atoms with E-state index in [2.05, 4.69) is 13.8 Å². The van der Waals surface area contributed by atoms with Crippen molar-refractivity contribution in [1.82, 2.24) is 9.80 Å². The van der Waals surface area contributed by atoms with E-state index in [1.165, 1.54) is 44.4 Å². The number of nitrogens with zero attached hydrogens (tertiary/aromatic N) is 4. The van der Waals surface area contributed by atoms with Crippen molar-refractivity contribution in [2.24, 2.45) is 0 Å². The van der Waals surface area contributed by atoms with Gasteiger partial charge < -0.3 is 33.5 Å². The van der Waals surface area contributed by atoms with Crippen LogP contribution < -0.4 is 18.9 Å². The smallest absolute Gasteiger partial charge is 0.328 e. The summed E-state index contributed by atoms with van der Waals surface area (Å²) in [6.07, 6.45) is 4.28. The highest BCUT2D eigenvalue weighted by Gasteiger charge is 2.39. The minimum Gasteiger partial charge on any atom is -0.493 e. The van der Waals surface area contributed by atoms with Crippen LogP contribution in [0.2, 0.25) is 0 Å². The maximum atomic E-state index is 13.8. The first-order valence-corrected chi connectivity index (χ1v) is 20.0. The topological polar surface area (TPSA) is 190 Å². The summed E-state index contributed by atoms with van der Waals surface area (Å²) >= 11 is 3.58.